The maximum absolute atomic E-state index is 12.5. The largest absolute Gasteiger partial charge is 0.484 e. The summed E-state index contributed by atoms with van der Waals surface area (Å²) in [6, 6.07) is 14.6. The fourth-order valence-corrected chi connectivity index (χ4v) is 4.23. The van der Waals surface area contributed by atoms with Gasteiger partial charge in [0.25, 0.3) is 5.91 Å². The number of ether oxygens (including phenoxy) is 1. The molecule has 1 aromatic heterocycles. The summed E-state index contributed by atoms with van der Waals surface area (Å²) in [5.41, 5.74) is 1.97. The molecule has 7 nitrogen and oxygen atoms in total. The van der Waals surface area contributed by atoms with Crippen LogP contribution in [0.1, 0.15) is 22.9 Å². The molecular weight excluding hydrogens is 424 g/mol. The second-order valence-electron chi connectivity index (χ2n) is 6.93. The quantitative estimate of drug-likeness (QED) is 0.622. The lowest BCUT2D eigenvalue weighted by Crippen LogP contribution is -2.25. The van der Waals surface area contributed by atoms with Crippen LogP contribution in [0.5, 0.6) is 5.75 Å². The number of carbonyl (C=O) groups is 2. The van der Waals surface area contributed by atoms with Crippen molar-refractivity contribution in [3.05, 3.63) is 64.1 Å². The molecule has 1 atom stereocenters. The highest BCUT2D eigenvalue weighted by Crippen LogP contribution is 2.35. The van der Waals surface area contributed by atoms with Crippen LogP contribution in [0.2, 0.25) is 5.02 Å². The SMILES string of the molecule is Cc1ccccc1N1C[C@H](c2nnc(NC(=O)COc3ccc(Cl)cc3)s2)CC1=O. The minimum Gasteiger partial charge on any atom is -0.484 e. The number of amides is 2. The summed E-state index contributed by atoms with van der Waals surface area (Å²) in [5.74, 6) is 0.224. The van der Waals surface area contributed by atoms with Crippen molar-refractivity contribution < 1.29 is 14.3 Å². The van der Waals surface area contributed by atoms with Gasteiger partial charge < -0.3 is 9.64 Å². The Balaban J connectivity index is 1.35. The average molecular weight is 443 g/mol. The van der Waals surface area contributed by atoms with E-state index in [-0.39, 0.29) is 24.3 Å². The van der Waals surface area contributed by atoms with Gasteiger partial charge in [0.15, 0.2) is 6.61 Å². The summed E-state index contributed by atoms with van der Waals surface area (Å²) in [6.07, 6.45) is 0.372. The van der Waals surface area contributed by atoms with Gasteiger partial charge in [-0.3, -0.25) is 14.9 Å². The average Bonchev–Trinajstić information content (AvgIpc) is 3.34. The first-order valence-electron chi connectivity index (χ1n) is 9.37. The zero-order valence-electron chi connectivity index (χ0n) is 16.2. The van der Waals surface area contributed by atoms with E-state index in [9.17, 15) is 9.59 Å². The van der Waals surface area contributed by atoms with Crippen LogP contribution in [0.15, 0.2) is 48.5 Å². The zero-order chi connectivity index (χ0) is 21.1. The van der Waals surface area contributed by atoms with E-state index in [1.807, 2.05) is 31.2 Å². The number of rotatable bonds is 6. The standard InChI is InChI=1S/C21H19ClN4O3S/c1-13-4-2-3-5-17(13)26-11-14(10-19(26)28)20-24-25-21(30-20)23-18(27)12-29-16-8-6-15(22)7-9-16/h2-9,14H,10-12H2,1H3,(H,23,25,27)/t14-/m1/s1. The molecule has 1 aliphatic rings. The number of benzene rings is 2. The molecule has 4 rings (SSSR count). The van der Waals surface area contributed by atoms with Gasteiger partial charge in [0.1, 0.15) is 10.8 Å². The van der Waals surface area contributed by atoms with Gasteiger partial charge in [-0.1, -0.05) is 41.1 Å². The van der Waals surface area contributed by atoms with Gasteiger partial charge in [0.05, 0.1) is 0 Å². The van der Waals surface area contributed by atoms with Gasteiger partial charge in [-0.05, 0) is 42.8 Å². The summed E-state index contributed by atoms with van der Waals surface area (Å²) in [4.78, 5) is 26.4. The van der Waals surface area contributed by atoms with Crippen molar-refractivity contribution >= 4 is 45.6 Å². The van der Waals surface area contributed by atoms with E-state index in [0.29, 0.717) is 28.9 Å². The fourth-order valence-electron chi connectivity index (χ4n) is 3.26. The van der Waals surface area contributed by atoms with Crippen LogP contribution in [0.3, 0.4) is 0 Å². The van der Waals surface area contributed by atoms with Crippen molar-refractivity contribution in [2.75, 3.05) is 23.4 Å². The molecule has 0 saturated carbocycles. The molecule has 3 aromatic rings. The van der Waals surface area contributed by atoms with Gasteiger partial charge in [-0.25, -0.2) is 0 Å². The molecule has 30 heavy (non-hydrogen) atoms. The van der Waals surface area contributed by atoms with E-state index in [2.05, 4.69) is 15.5 Å². The maximum Gasteiger partial charge on any atom is 0.264 e. The number of aromatic nitrogens is 2. The Labute approximate surface area is 182 Å². The summed E-state index contributed by atoms with van der Waals surface area (Å²) in [6.45, 7) is 2.38. The number of aryl methyl sites for hydroxylation is 1. The van der Waals surface area contributed by atoms with Crippen LogP contribution >= 0.6 is 22.9 Å². The molecule has 2 heterocycles. The first kappa shape index (κ1) is 20.3. The number of nitrogens with one attached hydrogen (secondary N) is 1. The van der Waals surface area contributed by atoms with E-state index in [0.717, 1.165) is 16.3 Å². The number of carbonyl (C=O) groups excluding carboxylic acids is 2. The number of halogens is 1. The lowest BCUT2D eigenvalue weighted by atomic mass is 10.1. The molecule has 1 N–H and O–H groups in total. The topological polar surface area (TPSA) is 84.4 Å². The molecular formula is C21H19ClN4O3S. The molecule has 0 bridgehead atoms. The highest BCUT2D eigenvalue weighted by molar-refractivity contribution is 7.15. The molecule has 154 valence electrons. The van der Waals surface area contributed by atoms with Crippen LogP contribution in [0.4, 0.5) is 10.8 Å². The molecule has 1 fully saturated rings. The first-order chi connectivity index (χ1) is 14.5. The van der Waals surface area contributed by atoms with Gasteiger partial charge in [0, 0.05) is 29.6 Å². The normalized spacial score (nSPS) is 16.0. The van der Waals surface area contributed by atoms with Gasteiger partial charge in [-0.2, -0.15) is 0 Å². The van der Waals surface area contributed by atoms with Crippen molar-refractivity contribution in [1.82, 2.24) is 10.2 Å². The van der Waals surface area contributed by atoms with Crippen molar-refractivity contribution in [2.24, 2.45) is 0 Å². The van der Waals surface area contributed by atoms with Crippen molar-refractivity contribution in [2.45, 2.75) is 19.3 Å². The van der Waals surface area contributed by atoms with Gasteiger partial charge in [0.2, 0.25) is 11.0 Å². The summed E-state index contributed by atoms with van der Waals surface area (Å²) < 4.78 is 5.42. The van der Waals surface area contributed by atoms with Crippen LogP contribution < -0.4 is 15.0 Å². The Morgan fingerprint density at radius 1 is 1.23 bits per heavy atom. The van der Waals surface area contributed by atoms with Crippen molar-refractivity contribution in [1.29, 1.82) is 0 Å². The molecule has 0 spiro atoms. The lowest BCUT2D eigenvalue weighted by Gasteiger charge is -2.18. The molecule has 9 heteroatoms. The van der Waals surface area contributed by atoms with Crippen LogP contribution in [0.25, 0.3) is 0 Å². The molecule has 2 amide bonds. The second kappa shape index (κ2) is 8.81. The maximum atomic E-state index is 12.5. The van der Waals surface area contributed by atoms with Crippen molar-refractivity contribution in [3.8, 4) is 5.75 Å². The Morgan fingerprint density at radius 3 is 2.77 bits per heavy atom. The van der Waals surface area contributed by atoms with Crippen LogP contribution in [0, 0.1) is 6.92 Å². The highest BCUT2D eigenvalue weighted by atomic mass is 35.5. The summed E-state index contributed by atoms with van der Waals surface area (Å²) in [7, 11) is 0. The number of hydrogen-bond donors (Lipinski definition) is 1. The minimum atomic E-state index is -0.336. The fraction of sp³-hybridized carbons (Fsp3) is 0.238. The third-order valence-corrected chi connectivity index (χ3v) is 6.00. The highest BCUT2D eigenvalue weighted by Gasteiger charge is 2.34. The van der Waals surface area contributed by atoms with E-state index in [1.54, 1.807) is 29.2 Å². The number of para-hydroxylation sites is 1. The molecule has 1 aliphatic heterocycles. The Bertz CT molecular complexity index is 1070. The number of hydrogen-bond acceptors (Lipinski definition) is 6. The molecule has 0 aliphatic carbocycles. The van der Waals surface area contributed by atoms with E-state index < -0.39 is 0 Å². The van der Waals surface area contributed by atoms with E-state index in [4.69, 9.17) is 16.3 Å². The number of nitrogens with zero attached hydrogens (tertiary/aromatic N) is 3. The Morgan fingerprint density at radius 2 is 2.00 bits per heavy atom. The third-order valence-electron chi connectivity index (χ3n) is 4.75. The zero-order valence-corrected chi connectivity index (χ0v) is 17.7. The summed E-state index contributed by atoms with van der Waals surface area (Å²) >= 11 is 7.11. The van der Waals surface area contributed by atoms with E-state index in [1.165, 1.54) is 11.3 Å². The van der Waals surface area contributed by atoms with Crippen LogP contribution in [-0.2, 0) is 9.59 Å². The van der Waals surface area contributed by atoms with Crippen molar-refractivity contribution in [3.63, 3.8) is 0 Å². The van der Waals surface area contributed by atoms with Crippen LogP contribution in [-0.4, -0.2) is 35.2 Å². The minimum absolute atomic E-state index is 0.0504. The lowest BCUT2D eigenvalue weighted by molar-refractivity contribution is -0.118. The Kier molecular flexibility index (Phi) is 5.96. The predicted octanol–water partition coefficient (Wildman–Crippen LogP) is 4.04. The first-order valence-corrected chi connectivity index (χ1v) is 10.6. The van der Waals surface area contributed by atoms with Gasteiger partial charge >= 0.3 is 0 Å². The monoisotopic (exact) mass is 442 g/mol. The third kappa shape index (κ3) is 4.60. The van der Waals surface area contributed by atoms with E-state index >= 15 is 0 Å². The molecule has 1 saturated heterocycles. The number of anilines is 2. The molecule has 0 radical (unpaired) electrons. The predicted molar refractivity (Wildman–Crippen MR) is 116 cm³/mol. The molecule has 2 aromatic carbocycles. The second-order valence-corrected chi connectivity index (χ2v) is 8.37. The molecule has 0 unspecified atom stereocenters. The smallest absolute Gasteiger partial charge is 0.264 e. The van der Waals surface area contributed by atoms with Gasteiger partial charge in [-0.15, -0.1) is 10.2 Å². The Hall–Kier alpha value is -2.97. The summed E-state index contributed by atoms with van der Waals surface area (Å²) in [5, 5.41) is 12.6.